The van der Waals surface area contributed by atoms with Gasteiger partial charge in [0.2, 0.25) is 0 Å². The first-order valence-electron chi connectivity index (χ1n) is 3.96. The molecule has 2 atom stereocenters. The number of hydrogen-bond donors (Lipinski definition) is 3. The van der Waals surface area contributed by atoms with Gasteiger partial charge < -0.3 is 15.3 Å². The third kappa shape index (κ3) is 2.49. The highest BCUT2D eigenvalue weighted by atomic mass is 16.3. The Morgan fingerprint density at radius 2 is 2.08 bits per heavy atom. The van der Waals surface area contributed by atoms with Gasteiger partial charge in [0, 0.05) is 18.4 Å². The minimum atomic E-state index is -0.733. The predicted molar refractivity (Wildman–Crippen MR) is 46.4 cm³/mol. The van der Waals surface area contributed by atoms with Crippen LogP contribution in [-0.4, -0.2) is 34.6 Å². The molecular formula is C9H16O3. The highest BCUT2D eigenvalue weighted by Crippen LogP contribution is 2.29. The van der Waals surface area contributed by atoms with Crippen molar-refractivity contribution in [2.75, 3.05) is 13.2 Å². The second-order valence-corrected chi connectivity index (χ2v) is 3.05. The zero-order chi connectivity index (χ0) is 9.61. The van der Waals surface area contributed by atoms with E-state index in [1.165, 1.54) is 0 Å². The Morgan fingerprint density at radius 3 is 2.33 bits per heavy atom. The summed E-state index contributed by atoms with van der Waals surface area (Å²) >= 11 is 0. The number of rotatable bonds is 5. The highest BCUT2D eigenvalue weighted by molar-refractivity contribution is 4.97. The fourth-order valence-electron chi connectivity index (χ4n) is 1.14. The highest BCUT2D eigenvalue weighted by Gasteiger charge is 2.33. The van der Waals surface area contributed by atoms with E-state index in [4.69, 9.17) is 16.6 Å². The van der Waals surface area contributed by atoms with Crippen LogP contribution < -0.4 is 0 Å². The lowest BCUT2D eigenvalue weighted by Crippen LogP contribution is -2.37. The Morgan fingerprint density at radius 1 is 1.50 bits per heavy atom. The van der Waals surface area contributed by atoms with E-state index < -0.39 is 11.5 Å². The molecule has 0 amide bonds. The summed E-state index contributed by atoms with van der Waals surface area (Å²) < 4.78 is 0. The van der Waals surface area contributed by atoms with Crippen molar-refractivity contribution < 1.29 is 15.3 Å². The molecule has 0 aromatic rings. The van der Waals surface area contributed by atoms with Gasteiger partial charge in [-0.2, -0.15) is 0 Å². The van der Waals surface area contributed by atoms with E-state index in [0.717, 1.165) is 0 Å². The summed E-state index contributed by atoms with van der Waals surface area (Å²) in [5.41, 5.74) is -0.733. The summed E-state index contributed by atoms with van der Waals surface area (Å²) in [5.74, 6) is 2.39. The van der Waals surface area contributed by atoms with Gasteiger partial charge in [0.25, 0.3) is 0 Å². The molecule has 70 valence electrons. The third-order valence-corrected chi connectivity index (χ3v) is 2.26. The van der Waals surface area contributed by atoms with E-state index >= 15 is 0 Å². The molecule has 0 aromatic heterocycles. The molecule has 0 spiro atoms. The van der Waals surface area contributed by atoms with Crippen molar-refractivity contribution in [2.45, 2.75) is 25.9 Å². The SMILES string of the molecule is C#CCC(CO)(CCO)C(C)O. The third-order valence-electron chi connectivity index (χ3n) is 2.26. The quantitative estimate of drug-likeness (QED) is 0.501. The molecule has 0 aliphatic heterocycles. The van der Waals surface area contributed by atoms with Gasteiger partial charge in [-0.3, -0.25) is 0 Å². The second kappa shape index (κ2) is 5.15. The molecule has 0 radical (unpaired) electrons. The van der Waals surface area contributed by atoms with Gasteiger partial charge >= 0.3 is 0 Å². The fourth-order valence-corrected chi connectivity index (χ4v) is 1.14. The Bertz CT molecular complexity index is 160. The van der Waals surface area contributed by atoms with Crippen molar-refractivity contribution in [1.82, 2.24) is 0 Å². The molecule has 0 aromatic carbocycles. The zero-order valence-electron chi connectivity index (χ0n) is 7.32. The lowest BCUT2D eigenvalue weighted by atomic mass is 9.78. The smallest absolute Gasteiger partial charge is 0.0600 e. The fraction of sp³-hybridized carbons (Fsp3) is 0.778. The molecule has 0 aliphatic rings. The van der Waals surface area contributed by atoms with Crippen molar-refractivity contribution in [3.8, 4) is 12.3 Å². The average Bonchev–Trinajstić information content (AvgIpc) is 2.03. The van der Waals surface area contributed by atoms with E-state index in [9.17, 15) is 5.11 Å². The van der Waals surface area contributed by atoms with E-state index in [1.807, 2.05) is 0 Å². The van der Waals surface area contributed by atoms with Crippen molar-refractivity contribution in [3.05, 3.63) is 0 Å². The van der Waals surface area contributed by atoms with Crippen LogP contribution >= 0.6 is 0 Å². The molecule has 0 heterocycles. The molecule has 0 aliphatic carbocycles. The Kier molecular flexibility index (Phi) is 4.91. The van der Waals surface area contributed by atoms with Gasteiger partial charge in [-0.15, -0.1) is 12.3 Å². The van der Waals surface area contributed by atoms with E-state index in [0.29, 0.717) is 6.42 Å². The standard InChI is InChI=1S/C9H16O3/c1-3-4-9(7-11,5-6-10)8(2)12/h1,8,10-12H,4-7H2,2H3. The second-order valence-electron chi connectivity index (χ2n) is 3.05. The van der Waals surface area contributed by atoms with Gasteiger partial charge in [-0.25, -0.2) is 0 Å². The largest absolute Gasteiger partial charge is 0.396 e. The van der Waals surface area contributed by atoms with Crippen LogP contribution in [0.4, 0.5) is 0 Å². The van der Waals surface area contributed by atoms with Gasteiger partial charge in [0.1, 0.15) is 0 Å². The molecule has 0 rings (SSSR count). The molecule has 3 nitrogen and oxygen atoms in total. The zero-order valence-corrected chi connectivity index (χ0v) is 7.32. The van der Waals surface area contributed by atoms with Crippen molar-refractivity contribution in [3.63, 3.8) is 0 Å². The normalized spacial score (nSPS) is 17.9. The molecule has 12 heavy (non-hydrogen) atoms. The Hall–Kier alpha value is -0.560. The first kappa shape index (κ1) is 11.4. The molecule has 0 bridgehead atoms. The van der Waals surface area contributed by atoms with Crippen LogP contribution in [-0.2, 0) is 0 Å². The summed E-state index contributed by atoms with van der Waals surface area (Å²) in [7, 11) is 0. The molecular weight excluding hydrogens is 156 g/mol. The maximum absolute atomic E-state index is 9.36. The Balaban J connectivity index is 4.41. The van der Waals surface area contributed by atoms with Crippen LogP contribution in [0.15, 0.2) is 0 Å². The summed E-state index contributed by atoms with van der Waals surface area (Å²) in [5, 5.41) is 27.1. The molecule has 0 saturated heterocycles. The van der Waals surface area contributed by atoms with Crippen molar-refractivity contribution in [1.29, 1.82) is 0 Å². The molecule has 3 heteroatoms. The molecule has 3 N–H and O–H groups in total. The average molecular weight is 172 g/mol. The van der Waals surface area contributed by atoms with Crippen molar-refractivity contribution in [2.24, 2.45) is 5.41 Å². The Labute approximate surface area is 73.0 Å². The van der Waals surface area contributed by atoms with Gasteiger partial charge in [0.05, 0.1) is 12.7 Å². The first-order valence-corrected chi connectivity index (χ1v) is 3.96. The van der Waals surface area contributed by atoms with E-state index in [2.05, 4.69) is 5.92 Å². The minimum Gasteiger partial charge on any atom is -0.396 e. The maximum Gasteiger partial charge on any atom is 0.0600 e. The lowest BCUT2D eigenvalue weighted by molar-refractivity contribution is -0.0194. The minimum absolute atomic E-state index is 0.0762. The number of terminal acetylenes is 1. The van der Waals surface area contributed by atoms with E-state index in [-0.39, 0.29) is 19.6 Å². The van der Waals surface area contributed by atoms with Crippen LogP contribution in [0, 0.1) is 17.8 Å². The number of hydrogen-bond acceptors (Lipinski definition) is 3. The van der Waals surface area contributed by atoms with Gasteiger partial charge in [-0.05, 0) is 13.3 Å². The molecule has 0 saturated carbocycles. The van der Waals surface area contributed by atoms with Gasteiger partial charge in [0.15, 0.2) is 0 Å². The molecule has 0 fully saturated rings. The van der Waals surface area contributed by atoms with Crippen LogP contribution in [0.3, 0.4) is 0 Å². The van der Waals surface area contributed by atoms with Crippen LogP contribution in [0.5, 0.6) is 0 Å². The summed E-state index contributed by atoms with van der Waals surface area (Å²) in [4.78, 5) is 0. The number of aliphatic hydroxyl groups excluding tert-OH is 3. The van der Waals surface area contributed by atoms with E-state index in [1.54, 1.807) is 6.92 Å². The van der Waals surface area contributed by atoms with Crippen molar-refractivity contribution >= 4 is 0 Å². The summed E-state index contributed by atoms with van der Waals surface area (Å²) in [6, 6.07) is 0. The van der Waals surface area contributed by atoms with Crippen LogP contribution in [0.1, 0.15) is 19.8 Å². The van der Waals surface area contributed by atoms with Gasteiger partial charge in [-0.1, -0.05) is 0 Å². The maximum atomic E-state index is 9.36. The summed E-state index contributed by atoms with van der Waals surface area (Å²) in [6.07, 6.45) is 5.01. The van der Waals surface area contributed by atoms with Crippen LogP contribution in [0.2, 0.25) is 0 Å². The first-order chi connectivity index (χ1) is 5.63. The predicted octanol–water partition coefficient (Wildman–Crippen LogP) is -0.248. The summed E-state index contributed by atoms with van der Waals surface area (Å²) in [6.45, 7) is 1.30. The monoisotopic (exact) mass is 172 g/mol. The number of aliphatic hydroxyl groups is 3. The van der Waals surface area contributed by atoms with Crippen LogP contribution in [0.25, 0.3) is 0 Å². The topological polar surface area (TPSA) is 60.7 Å². The lowest BCUT2D eigenvalue weighted by Gasteiger charge is -2.32. The molecule has 2 unspecified atom stereocenters.